The van der Waals surface area contributed by atoms with Crippen LogP contribution in [0, 0.1) is 16.0 Å². The summed E-state index contributed by atoms with van der Waals surface area (Å²) in [5.41, 5.74) is -0.940. The third-order valence-electron chi connectivity index (χ3n) is 5.70. The molecule has 4 rings (SSSR count). The first-order chi connectivity index (χ1) is 15.6. The molecule has 1 atom stereocenters. The van der Waals surface area contributed by atoms with Gasteiger partial charge in [0.25, 0.3) is 15.7 Å². The van der Waals surface area contributed by atoms with Crippen molar-refractivity contribution in [2.45, 2.75) is 29.6 Å². The lowest BCUT2D eigenvalue weighted by molar-refractivity contribution is -0.384. The monoisotopic (exact) mass is 489 g/mol. The Morgan fingerprint density at radius 2 is 1.67 bits per heavy atom. The number of fused-ring (bicyclic) bond motifs is 1. The molecule has 0 unspecified atom stereocenters. The Morgan fingerprint density at radius 1 is 0.970 bits per heavy atom. The van der Waals surface area contributed by atoms with Gasteiger partial charge >= 0.3 is 0 Å². The van der Waals surface area contributed by atoms with Crippen LogP contribution in [0.5, 0.6) is 0 Å². The summed E-state index contributed by atoms with van der Waals surface area (Å²) in [6.45, 7) is 2.64. The molecule has 1 aliphatic heterocycles. The van der Waals surface area contributed by atoms with Gasteiger partial charge in [-0.15, -0.1) is 0 Å². The number of nitro benzene ring substituents is 1. The van der Waals surface area contributed by atoms with Crippen molar-refractivity contribution in [2.24, 2.45) is 5.92 Å². The Morgan fingerprint density at radius 3 is 2.36 bits per heavy atom. The van der Waals surface area contributed by atoms with E-state index >= 15 is 0 Å². The van der Waals surface area contributed by atoms with Gasteiger partial charge in [0.2, 0.25) is 10.0 Å². The lowest BCUT2D eigenvalue weighted by atomic mass is 10.0. The van der Waals surface area contributed by atoms with Crippen LogP contribution in [-0.2, 0) is 20.0 Å². The Bertz CT molecular complexity index is 1440. The number of nitrogens with one attached hydrogen (secondary N) is 1. The van der Waals surface area contributed by atoms with Gasteiger partial charge in [-0.2, -0.15) is 4.31 Å². The summed E-state index contributed by atoms with van der Waals surface area (Å²) >= 11 is 0. The number of anilines is 1. The van der Waals surface area contributed by atoms with Crippen LogP contribution in [0.3, 0.4) is 0 Å². The molecule has 0 aromatic heterocycles. The van der Waals surface area contributed by atoms with E-state index in [-0.39, 0.29) is 21.4 Å². The molecular formula is C22H23N3O6S2. The van der Waals surface area contributed by atoms with E-state index in [1.54, 1.807) is 18.2 Å². The van der Waals surface area contributed by atoms with Gasteiger partial charge in [-0.05, 0) is 53.8 Å². The maximum absolute atomic E-state index is 13.0. The molecule has 0 amide bonds. The summed E-state index contributed by atoms with van der Waals surface area (Å²) < 4.78 is 55.4. The van der Waals surface area contributed by atoms with E-state index in [0.717, 1.165) is 23.9 Å². The van der Waals surface area contributed by atoms with Gasteiger partial charge in [-0.1, -0.05) is 37.3 Å². The molecule has 1 heterocycles. The summed E-state index contributed by atoms with van der Waals surface area (Å²) in [6, 6.07) is 15.0. The van der Waals surface area contributed by atoms with Gasteiger partial charge in [-0.3, -0.25) is 14.8 Å². The van der Waals surface area contributed by atoms with Crippen LogP contribution >= 0.6 is 0 Å². The van der Waals surface area contributed by atoms with Crippen molar-refractivity contribution in [2.75, 3.05) is 17.8 Å². The van der Waals surface area contributed by atoms with Crippen LogP contribution < -0.4 is 4.72 Å². The summed E-state index contributed by atoms with van der Waals surface area (Å²) in [4.78, 5) is 10.6. The minimum Gasteiger partial charge on any atom is -0.273 e. The van der Waals surface area contributed by atoms with Gasteiger partial charge in [-0.25, -0.2) is 16.8 Å². The summed E-state index contributed by atoms with van der Waals surface area (Å²) in [7, 11) is -8.09. The molecule has 0 bridgehead atoms. The minimum absolute atomic E-state index is 0.0606. The van der Waals surface area contributed by atoms with Crippen LogP contribution in [0.2, 0.25) is 0 Å². The van der Waals surface area contributed by atoms with Gasteiger partial charge in [0.15, 0.2) is 0 Å². The van der Waals surface area contributed by atoms with E-state index in [4.69, 9.17) is 0 Å². The van der Waals surface area contributed by atoms with Crippen LogP contribution in [0.15, 0.2) is 70.5 Å². The van der Waals surface area contributed by atoms with E-state index in [1.165, 1.54) is 22.5 Å². The number of hydrogen-bond donors (Lipinski definition) is 1. The molecule has 3 aromatic carbocycles. The second-order valence-electron chi connectivity index (χ2n) is 8.16. The second-order valence-corrected chi connectivity index (χ2v) is 11.8. The quantitative estimate of drug-likeness (QED) is 0.412. The molecule has 0 spiro atoms. The van der Waals surface area contributed by atoms with Crippen molar-refractivity contribution in [3.8, 4) is 0 Å². The maximum Gasteiger partial charge on any atom is 0.294 e. The number of rotatable bonds is 6. The molecule has 33 heavy (non-hydrogen) atoms. The highest BCUT2D eigenvalue weighted by Gasteiger charge is 2.31. The van der Waals surface area contributed by atoms with E-state index in [9.17, 15) is 26.9 Å². The van der Waals surface area contributed by atoms with E-state index in [2.05, 4.69) is 4.72 Å². The molecule has 3 aromatic rings. The SMILES string of the molecule is C[C@H]1CCCN(S(=O)(=O)c2ccc(NS(=O)(=O)c3ccc4ccccc4c3)c([N+](=O)[O-])c2)C1. The smallest absolute Gasteiger partial charge is 0.273 e. The Kier molecular flexibility index (Phi) is 6.12. The fraction of sp³-hybridized carbons (Fsp3) is 0.273. The van der Waals surface area contributed by atoms with Crippen molar-refractivity contribution in [1.82, 2.24) is 4.31 Å². The molecule has 0 radical (unpaired) electrons. The van der Waals surface area contributed by atoms with Crippen LogP contribution in [0.25, 0.3) is 10.8 Å². The highest BCUT2D eigenvalue weighted by atomic mass is 32.2. The van der Waals surface area contributed by atoms with E-state index < -0.39 is 30.7 Å². The van der Waals surface area contributed by atoms with Gasteiger partial charge in [0, 0.05) is 19.2 Å². The molecule has 1 N–H and O–H groups in total. The van der Waals surface area contributed by atoms with E-state index in [0.29, 0.717) is 24.9 Å². The first-order valence-electron chi connectivity index (χ1n) is 10.4. The molecule has 0 aliphatic carbocycles. The number of piperidine rings is 1. The van der Waals surface area contributed by atoms with Crippen LogP contribution in [0.1, 0.15) is 19.8 Å². The molecule has 9 nitrogen and oxygen atoms in total. The lowest BCUT2D eigenvalue weighted by Crippen LogP contribution is -2.39. The number of nitro groups is 1. The molecule has 11 heteroatoms. The molecule has 1 fully saturated rings. The lowest BCUT2D eigenvalue weighted by Gasteiger charge is -2.30. The summed E-state index contributed by atoms with van der Waals surface area (Å²) in [5.74, 6) is 0.191. The van der Waals surface area contributed by atoms with Crippen molar-refractivity contribution >= 4 is 42.2 Å². The Balaban J connectivity index is 1.68. The predicted molar refractivity (Wildman–Crippen MR) is 125 cm³/mol. The normalized spacial score (nSPS) is 17.7. The molecule has 174 valence electrons. The second kappa shape index (κ2) is 8.73. The van der Waals surface area contributed by atoms with Crippen molar-refractivity contribution < 1.29 is 21.8 Å². The Hall–Kier alpha value is -3.02. The van der Waals surface area contributed by atoms with Gasteiger partial charge < -0.3 is 0 Å². The first-order valence-corrected chi connectivity index (χ1v) is 13.3. The minimum atomic E-state index is -4.15. The number of benzene rings is 3. The summed E-state index contributed by atoms with van der Waals surface area (Å²) in [6.07, 6.45) is 1.63. The third-order valence-corrected chi connectivity index (χ3v) is 8.92. The standard InChI is InChI=1S/C22H23N3O6S2/c1-16-5-4-12-24(15-16)33(30,31)20-10-11-21(22(14-20)25(26)27)23-32(28,29)19-9-8-17-6-2-3-7-18(17)13-19/h2-3,6-11,13-14,16,23H,4-5,12,15H2,1H3/t16-/m0/s1. The fourth-order valence-corrected chi connectivity index (χ4v) is 6.69. The molecular weight excluding hydrogens is 466 g/mol. The van der Waals surface area contributed by atoms with Crippen LogP contribution in [-0.4, -0.2) is 39.2 Å². The first kappa shape index (κ1) is 23.1. The maximum atomic E-state index is 13.0. The largest absolute Gasteiger partial charge is 0.294 e. The van der Waals surface area contributed by atoms with Crippen molar-refractivity contribution in [3.05, 3.63) is 70.8 Å². The molecule has 1 aliphatic rings. The van der Waals surface area contributed by atoms with Crippen LogP contribution in [0.4, 0.5) is 11.4 Å². The van der Waals surface area contributed by atoms with Gasteiger partial charge in [0.1, 0.15) is 5.69 Å². The topological polar surface area (TPSA) is 127 Å². The highest BCUT2D eigenvalue weighted by Crippen LogP contribution is 2.32. The predicted octanol–water partition coefficient (Wildman–Crippen LogP) is 3.97. The Labute approximate surface area is 192 Å². The number of sulfonamides is 2. The zero-order chi connectivity index (χ0) is 23.8. The van der Waals surface area contributed by atoms with Gasteiger partial charge in [0.05, 0.1) is 14.7 Å². The number of nitrogens with zero attached hydrogens (tertiary/aromatic N) is 2. The zero-order valence-corrected chi connectivity index (χ0v) is 19.5. The fourth-order valence-electron chi connectivity index (χ4n) is 3.96. The zero-order valence-electron chi connectivity index (χ0n) is 17.8. The van der Waals surface area contributed by atoms with Crippen molar-refractivity contribution in [1.29, 1.82) is 0 Å². The molecule has 1 saturated heterocycles. The highest BCUT2D eigenvalue weighted by molar-refractivity contribution is 7.92. The average molecular weight is 490 g/mol. The molecule has 0 saturated carbocycles. The van der Waals surface area contributed by atoms with Crippen molar-refractivity contribution in [3.63, 3.8) is 0 Å². The number of hydrogen-bond acceptors (Lipinski definition) is 6. The third kappa shape index (κ3) is 4.70. The average Bonchev–Trinajstić information content (AvgIpc) is 2.78. The summed E-state index contributed by atoms with van der Waals surface area (Å²) in [5, 5.41) is 13.2. The van der Waals surface area contributed by atoms with E-state index in [1.807, 2.05) is 19.1 Å².